The van der Waals surface area contributed by atoms with Crippen molar-refractivity contribution in [3.05, 3.63) is 76.5 Å². The van der Waals surface area contributed by atoms with Gasteiger partial charge in [0.15, 0.2) is 11.5 Å². The minimum absolute atomic E-state index is 0.161. The number of morpholine rings is 1. The van der Waals surface area contributed by atoms with E-state index in [-0.39, 0.29) is 6.10 Å². The number of benzene rings is 3. The van der Waals surface area contributed by atoms with E-state index in [4.69, 9.17) is 37.4 Å². The number of nitrogens with one attached hydrogen (secondary N) is 1. The summed E-state index contributed by atoms with van der Waals surface area (Å²) in [6.45, 7) is 2.28. The summed E-state index contributed by atoms with van der Waals surface area (Å²) in [6, 6.07) is 16.9. The topological polar surface area (TPSA) is 85.8 Å². The molecule has 1 aliphatic heterocycles. The Morgan fingerprint density at radius 1 is 1.11 bits per heavy atom. The number of rotatable bonds is 9. The van der Waals surface area contributed by atoms with E-state index in [9.17, 15) is 4.79 Å². The van der Waals surface area contributed by atoms with Gasteiger partial charge in [0, 0.05) is 42.3 Å². The lowest BCUT2D eigenvalue weighted by molar-refractivity contribution is -0.107. The molecule has 10 heteroatoms. The van der Waals surface area contributed by atoms with Crippen LogP contribution in [0.15, 0.2) is 60.9 Å². The van der Waals surface area contributed by atoms with Crippen molar-refractivity contribution >= 4 is 57.6 Å². The number of para-hydroxylation sites is 1. The molecule has 0 amide bonds. The molecular formula is C28H26Cl2N4O4. The number of aldehydes is 1. The number of aromatic nitrogens is 2. The lowest BCUT2D eigenvalue weighted by atomic mass is 10.1. The molecular weight excluding hydrogens is 527 g/mol. The van der Waals surface area contributed by atoms with Gasteiger partial charge in [-0.25, -0.2) is 9.97 Å². The summed E-state index contributed by atoms with van der Waals surface area (Å²) in [5.41, 5.74) is 3.49. The standard InChI is InChI=1S/C28H26Cl2N4O4/c1-36-26-13-21-24(31-17-32-28(21)33-19-6-7-22(29)23(30)12-19)14-27(26)38-16-20-15-34(9-11-37-20)25-5-3-2-4-18(25)8-10-35/h2-7,10,12-14,17,20H,8-9,11,15-16H2,1H3,(H,31,32,33). The molecule has 1 fully saturated rings. The van der Waals surface area contributed by atoms with Crippen LogP contribution in [-0.2, 0) is 16.0 Å². The number of nitrogens with zero attached hydrogens (tertiary/aromatic N) is 3. The Labute approximate surface area is 230 Å². The van der Waals surface area contributed by atoms with E-state index in [1.807, 2.05) is 42.5 Å². The molecule has 8 nitrogen and oxygen atoms in total. The molecule has 4 aromatic rings. The second kappa shape index (κ2) is 11.9. The van der Waals surface area contributed by atoms with E-state index in [2.05, 4.69) is 20.2 Å². The monoisotopic (exact) mass is 552 g/mol. The van der Waals surface area contributed by atoms with Gasteiger partial charge in [-0.1, -0.05) is 41.4 Å². The second-order valence-corrected chi connectivity index (χ2v) is 9.56. The predicted molar refractivity (Wildman–Crippen MR) is 149 cm³/mol. The van der Waals surface area contributed by atoms with Gasteiger partial charge in [-0.3, -0.25) is 0 Å². The Balaban J connectivity index is 1.33. The zero-order chi connectivity index (χ0) is 26.5. The van der Waals surface area contributed by atoms with Crippen LogP contribution in [0.3, 0.4) is 0 Å². The van der Waals surface area contributed by atoms with Crippen LogP contribution in [-0.4, -0.2) is 55.8 Å². The molecule has 1 aromatic heterocycles. The smallest absolute Gasteiger partial charge is 0.163 e. The fourth-order valence-electron chi connectivity index (χ4n) is 4.45. The fourth-order valence-corrected chi connectivity index (χ4v) is 4.75. The first kappa shape index (κ1) is 26.0. The molecule has 196 valence electrons. The van der Waals surface area contributed by atoms with E-state index in [0.717, 1.165) is 35.2 Å². The van der Waals surface area contributed by atoms with E-state index < -0.39 is 0 Å². The zero-order valence-corrected chi connectivity index (χ0v) is 22.2. The molecule has 1 saturated heterocycles. The summed E-state index contributed by atoms with van der Waals surface area (Å²) in [4.78, 5) is 22.2. The number of ether oxygens (including phenoxy) is 3. The summed E-state index contributed by atoms with van der Waals surface area (Å²) in [5, 5.41) is 4.94. The van der Waals surface area contributed by atoms with Crippen LogP contribution in [0, 0.1) is 0 Å². The first-order chi connectivity index (χ1) is 18.6. The van der Waals surface area contributed by atoms with Crippen LogP contribution in [0.4, 0.5) is 17.2 Å². The molecule has 1 aliphatic rings. The number of hydrogen-bond acceptors (Lipinski definition) is 8. The SMILES string of the molecule is COc1cc2c(Nc3ccc(Cl)c(Cl)c3)ncnc2cc1OCC1CN(c2ccccc2CC=O)CCO1. The third kappa shape index (κ3) is 5.78. The number of methoxy groups -OCH3 is 1. The van der Waals surface area contributed by atoms with Gasteiger partial charge >= 0.3 is 0 Å². The van der Waals surface area contributed by atoms with E-state index in [0.29, 0.717) is 59.1 Å². The molecule has 38 heavy (non-hydrogen) atoms. The lowest BCUT2D eigenvalue weighted by Crippen LogP contribution is -2.45. The summed E-state index contributed by atoms with van der Waals surface area (Å²) in [6.07, 6.45) is 2.64. The van der Waals surface area contributed by atoms with Crippen molar-refractivity contribution in [3.8, 4) is 11.5 Å². The van der Waals surface area contributed by atoms with Crippen molar-refractivity contribution in [3.63, 3.8) is 0 Å². The van der Waals surface area contributed by atoms with Gasteiger partial charge in [-0.05, 0) is 35.9 Å². The van der Waals surface area contributed by atoms with Gasteiger partial charge in [0.25, 0.3) is 0 Å². The van der Waals surface area contributed by atoms with Crippen LogP contribution >= 0.6 is 23.2 Å². The predicted octanol–water partition coefficient (Wildman–Crippen LogP) is 5.71. The van der Waals surface area contributed by atoms with Crippen molar-refractivity contribution in [1.29, 1.82) is 0 Å². The number of carbonyl (C=O) groups is 1. The molecule has 3 aromatic carbocycles. The molecule has 0 bridgehead atoms. The highest BCUT2D eigenvalue weighted by Crippen LogP contribution is 2.36. The van der Waals surface area contributed by atoms with E-state index in [1.54, 1.807) is 19.2 Å². The van der Waals surface area contributed by atoms with Gasteiger partial charge in [-0.2, -0.15) is 0 Å². The molecule has 0 spiro atoms. The van der Waals surface area contributed by atoms with Gasteiger partial charge < -0.3 is 29.2 Å². The number of halogens is 2. The summed E-state index contributed by atoms with van der Waals surface area (Å²) in [5.74, 6) is 1.70. The van der Waals surface area contributed by atoms with Crippen LogP contribution in [0.1, 0.15) is 5.56 Å². The molecule has 0 radical (unpaired) electrons. The first-order valence-electron chi connectivity index (χ1n) is 12.1. The van der Waals surface area contributed by atoms with Gasteiger partial charge in [0.1, 0.15) is 31.1 Å². The lowest BCUT2D eigenvalue weighted by Gasteiger charge is -2.35. The maximum atomic E-state index is 11.1. The summed E-state index contributed by atoms with van der Waals surface area (Å²) < 4.78 is 17.8. The Hall–Kier alpha value is -3.59. The van der Waals surface area contributed by atoms with Gasteiger partial charge in [0.05, 0.1) is 29.3 Å². The van der Waals surface area contributed by atoms with Crippen molar-refractivity contribution in [2.45, 2.75) is 12.5 Å². The Morgan fingerprint density at radius 3 is 2.79 bits per heavy atom. The first-order valence-corrected chi connectivity index (χ1v) is 12.9. The minimum atomic E-state index is -0.161. The van der Waals surface area contributed by atoms with Gasteiger partial charge in [-0.15, -0.1) is 0 Å². The summed E-state index contributed by atoms with van der Waals surface area (Å²) in [7, 11) is 1.59. The van der Waals surface area contributed by atoms with Crippen molar-refractivity contribution in [2.75, 3.05) is 43.6 Å². The molecule has 0 aliphatic carbocycles. The van der Waals surface area contributed by atoms with E-state index in [1.165, 1.54) is 6.33 Å². The quantitative estimate of drug-likeness (QED) is 0.264. The number of hydrogen-bond donors (Lipinski definition) is 1. The average Bonchev–Trinajstić information content (AvgIpc) is 2.94. The maximum absolute atomic E-state index is 11.1. The third-order valence-corrected chi connectivity index (χ3v) is 7.04. The molecule has 1 N–H and O–H groups in total. The van der Waals surface area contributed by atoms with Gasteiger partial charge in [0.2, 0.25) is 0 Å². The summed E-state index contributed by atoms with van der Waals surface area (Å²) >= 11 is 12.2. The van der Waals surface area contributed by atoms with Crippen molar-refractivity contribution in [1.82, 2.24) is 9.97 Å². The maximum Gasteiger partial charge on any atom is 0.163 e. The molecule has 0 saturated carbocycles. The Bertz CT molecular complexity index is 1450. The Morgan fingerprint density at radius 2 is 1.97 bits per heavy atom. The molecule has 1 atom stereocenters. The highest BCUT2D eigenvalue weighted by atomic mass is 35.5. The normalized spacial score (nSPS) is 15.3. The zero-order valence-electron chi connectivity index (χ0n) is 20.7. The molecule has 1 unspecified atom stereocenters. The Kier molecular flexibility index (Phi) is 8.12. The van der Waals surface area contributed by atoms with Crippen LogP contribution in [0.5, 0.6) is 11.5 Å². The number of carbonyl (C=O) groups excluding carboxylic acids is 1. The van der Waals surface area contributed by atoms with Crippen LogP contribution < -0.4 is 19.7 Å². The highest BCUT2D eigenvalue weighted by Gasteiger charge is 2.23. The number of anilines is 3. The molecule has 5 rings (SSSR count). The third-order valence-electron chi connectivity index (χ3n) is 6.30. The van der Waals surface area contributed by atoms with Crippen molar-refractivity contribution < 1.29 is 19.0 Å². The average molecular weight is 553 g/mol. The van der Waals surface area contributed by atoms with Crippen molar-refractivity contribution in [2.24, 2.45) is 0 Å². The minimum Gasteiger partial charge on any atom is -0.493 e. The van der Waals surface area contributed by atoms with E-state index >= 15 is 0 Å². The molecule has 2 heterocycles. The fraction of sp³-hybridized carbons (Fsp3) is 0.250. The highest BCUT2D eigenvalue weighted by molar-refractivity contribution is 6.42. The largest absolute Gasteiger partial charge is 0.493 e. The van der Waals surface area contributed by atoms with Crippen LogP contribution in [0.25, 0.3) is 10.9 Å². The number of fused-ring (bicyclic) bond motifs is 1. The second-order valence-electron chi connectivity index (χ2n) is 8.75. The van der Waals surface area contributed by atoms with Crippen LogP contribution in [0.2, 0.25) is 10.0 Å².